The predicted octanol–water partition coefficient (Wildman–Crippen LogP) is 1.32. The Labute approximate surface area is 106 Å². The number of hydrogen-bond donors (Lipinski definition) is 2. The topological polar surface area (TPSA) is 71.1 Å². The van der Waals surface area contributed by atoms with Crippen LogP contribution in [-0.2, 0) is 15.8 Å². The van der Waals surface area contributed by atoms with Crippen LogP contribution < -0.4 is 10.6 Å². The highest BCUT2D eigenvalue weighted by molar-refractivity contribution is 6.01. The summed E-state index contributed by atoms with van der Waals surface area (Å²) in [7, 11) is 0. The number of alkyl halides is 3. The monoisotopic (exact) mass is 273 g/mol. The third-order valence-electron chi connectivity index (χ3n) is 2.60. The van der Waals surface area contributed by atoms with Gasteiger partial charge in [0.2, 0.25) is 11.8 Å². The van der Waals surface area contributed by atoms with Crippen molar-refractivity contribution in [2.45, 2.75) is 25.1 Å². The Hall–Kier alpha value is -2.12. The molecule has 1 aliphatic heterocycles. The molecule has 1 aromatic rings. The number of aromatic nitrogens is 1. The number of imide groups is 1. The lowest BCUT2D eigenvalue weighted by atomic mass is 10.1. The zero-order valence-electron chi connectivity index (χ0n) is 9.62. The molecule has 2 amide bonds. The molecule has 2 rings (SSSR count). The standard InChI is InChI=1S/C11H10F3N3O2/c12-11(13,14)7-2-1-3-8(16-7)15-6-4-5-9(18)17-10(6)19/h1-3,6H,4-5H2,(H,15,16)(H,17,18,19). The number of hydrogen-bond acceptors (Lipinski definition) is 4. The van der Waals surface area contributed by atoms with Crippen LogP contribution in [0.25, 0.3) is 0 Å². The number of halogens is 3. The van der Waals surface area contributed by atoms with Gasteiger partial charge in [-0.2, -0.15) is 13.2 Å². The SMILES string of the molecule is O=C1CCC(Nc2cccc(C(F)(F)F)n2)C(=O)N1. The maximum absolute atomic E-state index is 12.5. The van der Waals surface area contributed by atoms with Crippen molar-refractivity contribution in [3.63, 3.8) is 0 Å². The molecule has 1 unspecified atom stereocenters. The van der Waals surface area contributed by atoms with Crippen molar-refractivity contribution >= 4 is 17.6 Å². The lowest BCUT2D eigenvalue weighted by Gasteiger charge is -2.22. The first-order valence-corrected chi connectivity index (χ1v) is 5.51. The molecule has 102 valence electrons. The fourth-order valence-corrected chi connectivity index (χ4v) is 1.68. The van der Waals surface area contributed by atoms with Crippen molar-refractivity contribution in [1.82, 2.24) is 10.3 Å². The summed E-state index contributed by atoms with van der Waals surface area (Å²) < 4.78 is 37.4. The van der Waals surface area contributed by atoms with Gasteiger partial charge in [-0.05, 0) is 18.6 Å². The van der Waals surface area contributed by atoms with E-state index in [1.54, 1.807) is 0 Å². The van der Waals surface area contributed by atoms with Gasteiger partial charge in [0.15, 0.2) is 0 Å². The number of rotatable bonds is 2. The Kier molecular flexibility index (Phi) is 3.41. The second-order valence-corrected chi connectivity index (χ2v) is 4.05. The minimum Gasteiger partial charge on any atom is -0.358 e. The van der Waals surface area contributed by atoms with Crippen molar-refractivity contribution in [3.8, 4) is 0 Å². The Balaban J connectivity index is 2.11. The molecule has 0 bridgehead atoms. The van der Waals surface area contributed by atoms with Crippen molar-refractivity contribution < 1.29 is 22.8 Å². The molecule has 19 heavy (non-hydrogen) atoms. The molecule has 1 saturated heterocycles. The maximum atomic E-state index is 12.5. The second-order valence-electron chi connectivity index (χ2n) is 4.05. The molecule has 0 spiro atoms. The Morgan fingerprint density at radius 2 is 2.05 bits per heavy atom. The van der Waals surface area contributed by atoms with Gasteiger partial charge in [0.1, 0.15) is 17.6 Å². The minimum absolute atomic E-state index is 0.0516. The third kappa shape index (κ3) is 3.21. The van der Waals surface area contributed by atoms with Crippen LogP contribution in [0.15, 0.2) is 18.2 Å². The first kappa shape index (κ1) is 13.3. The summed E-state index contributed by atoms with van der Waals surface area (Å²) in [6.07, 6.45) is -4.17. The van der Waals surface area contributed by atoms with Gasteiger partial charge in [-0.25, -0.2) is 4.98 Å². The van der Waals surface area contributed by atoms with Crippen molar-refractivity contribution in [2.75, 3.05) is 5.32 Å². The van der Waals surface area contributed by atoms with E-state index in [4.69, 9.17) is 0 Å². The summed E-state index contributed by atoms with van der Waals surface area (Å²) in [5.74, 6) is -1.00. The molecule has 0 radical (unpaired) electrons. The molecule has 2 heterocycles. The quantitative estimate of drug-likeness (QED) is 0.797. The molecule has 5 nitrogen and oxygen atoms in total. The van der Waals surface area contributed by atoms with Crippen LogP contribution in [-0.4, -0.2) is 22.8 Å². The summed E-state index contributed by atoms with van der Waals surface area (Å²) in [5.41, 5.74) is -1.04. The van der Waals surface area contributed by atoms with E-state index in [1.165, 1.54) is 12.1 Å². The molecule has 0 aromatic carbocycles. The van der Waals surface area contributed by atoms with Gasteiger partial charge in [0.05, 0.1) is 0 Å². The van der Waals surface area contributed by atoms with Crippen molar-refractivity contribution in [2.24, 2.45) is 0 Å². The smallest absolute Gasteiger partial charge is 0.358 e. The van der Waals surface area contributed by atoms with E-state index < -0.39 is 23.8 Å². The molecule has 1 fully saturated rings. The summed E-state index contributed by atoms with van der Waals surface area (Å²) in [6, 6.07) is 2.62. The number of carbonyl (C=O) groups is 2. The van der Waals surface area contributed by atoms with Gasteiger partial charge in [-0.1, -0.05) is 6.07 Å². The van der Waals surface area contributed by atoms with Crippen LogP contribution >= 0.6 is 0 Å². The number of amides is 2. The zero-order valence-corrected chi connectivity index (χ0v) is 9.62. The number of anilines is 1. The Morgan fingerprint density at radius 1 is 1.32 bits per heavy atom. The zero-order chi connectivity index (χ0) is 14.0. The van der Waals surface area contributed by atoms with Gasteiger partial charge in [-0.3, -0.25) is 14.9 Å². The largest absolute Gasteiger partial charge is 0.433 e. The number of nitrogens with zero attached hydrogens (tertiary/aromatic N) is 1. The van der Waals surface area contributed by atoms with E-state index in [9.17, 15) is 22.8 Å². The highest BCUT2D eigenvalue weighted by Crippen LogP contribution is 2.28. The van der Waals surface area contributed by atoms with E-state index in [0.717, 1.165) is 6.07 Å². The van der Waals surface area contributed by atoms with Gasteiger partial charge in [0.25, 0.3) is 0 Å². The Morgan fingerprint density at radius 3 is 2.68 bits per heavy atom. The van der Waals surface area contributed by atoms with E-state index in [-0.39, 0.29) is 24.6 Å². The van der Waals surface area contributed by atoms with Crippen LogP contribution in [0.1, 0.15) is 18.5 Å². The third-order valence-corrected chi connectivity index (χ3v) is 2.60. The summed E-state index contributed by atoms with van der Waals surface area (Å²) in [6.45, 7) is 0. The van der Waals surface area contributed by atoms with Crippen LogP contribution in [0.3, 0.4) is 0 Å². The fraction of sp³-hybridized carbons (Fsp3) is 0.364. The average molecular weight is 273 g/mol. The highest BCUT2D eigenvalue weighted by atomic mass is 19.4. The molecular weight excluding hydrogens is 263 g/mol. The molecule has 0 saturated carbocycles. The molecule has 2 N–H and O–H groups in total. The maximum Gasteiger partial charge on any atom is 0.433 e. The lowest BCUT2D eigenvalue weighted by molar-refractivity contribution is -0.141. The Bertz CT molecular complexity index is 516. The van der Waals surface area contributed by atoms with Gasteiger partial charge < -0.3 is 5.32 Å². The van der Waals surface area contributed by atoms with Crippen molar-refractivity contribution in [3.05, 3.63) is 23.9 Å². The molecule has 8 heteroatoms. The first-order valence-electron chi connectivity index (χ1n) is 5.51. The fourth-order valence-electron chi connectivity index (χ4n) is 1.68. The van der Waals surface area contributed by atoms with Gasteiger partial charge in [-0.15, -0.1) is 0 Å². The van der Waals surface area contributed by atoms with E-state index in [1.807, 2.05) is 0 Å². The second kappa shape index (κ2) is 4.87. The van der Waals surface area contributed by atoms with E-state index >= 15 is 0 Å². The van der Waals surface area contributed by atoms with Gasteiger partial charge in [0, 0.05) is 6.42 Å². The average Bonchev–Trinajstić information content (AvgIpc) is 2.32. The molecule has 1 atom stereocenters. The number of pyridine rings is 1. The molecule has 1 aromatic heterocycles. The van der Waals surface area contributed by atoms with Crippen LogP contribution in [0.5, 0.6) is 0 Å². The van der Waals surface area contributed by atoms with Crippen LogP contribution in [0.2, 0.25) is 0 Å². The van der Waals surface area contributed by atoms with Crippen LogP contribution in [0, 0.1) is 0 Å². The van der Waals surface area contributed by atoms with E-state index in [2.05, 4.69) is 15.6 Å². The summed E-state index contributed by atoms with van der Waals surface area (Å²) in [4.78, 5) is 25.8. The van der Waals surface area contributed by atoms with Gasteiger partial charge >= 0.3 is 6.18 Å². The minimum atomic E-state index is -4.54. The highest BCUT2D eigenvalue weighted by Gasteiger charge is 2.33. The van der Waals surface area contributed by atoms with E-state index in [0.29, 0.717) is 0 Å². The van der Waals surface area contributed by atoms with Crippen molar-refractivity contribution in [1.29, 1.82) is 0 Å². The van der Waals surface area contributed by atoms with Crippen LogP contribution in [0.4, 0.5) is 19.0 Å². The number of piperidine rings is 1. The summed E-state index contributed by atoms with van der Waals surface area (Å²) in [5, 5.41) is 4.69. The normalized spacial score (nSPS) is 20.1. The predicted molar refractivity (Wildman–Crippen MR) is 59.0 cm³/mol. The summed E-state index contributed by atoms with van der Waals surface area (Å²) >= 11 is 0. The first-order chi connectivity index (χ1) is 8.86. The molecule has 1 aliphatic rings. The lowest BCUT2D eigenvalue weighted by Crippen LogP contribution is -2.47. The number of nitrogens with one attached hydrogen (secondary N) is 2. The number of carbonyl (C=O) groups excluding carboxylic acids is 2. The molecule has 0 aliphatic carbocycles. The molecular formula is C11H10F3N3O2.